The molecule has 19 heavy (non-hydrogen) atoms. The lowest BCUT2D eigenvalue weighted by atomic mass is 10.1. The van der Waals surface area contributed by atoms with Crippen LogP contribution in [0.3, 0.4) is 0 Å². The van der Waals surface area contributed by atoms with E-state index in [1.807, 2.05) is 5.32 Å². The number of carboxylic acids is 1. The molecule has 1 aromatic carbocycles. The highest BCUT2D eigenvalue weighted by Gasteiger charge is 2.31. The van der Waals surface area contributed by atoms with Crippen LogP contribution < -0.4 is 5.32 Å². The van der Waals surface area contributed by atoms with Crippen LogP contribution in [0.25, 0.3) is 0 Å². The van der Waals surface area contributed by atoms with E-state index in [1.54, 1.807) is 0 Å². The lowest BCUT2D eigenvalue weighted by molar-refractivity contribution is -0.139. The van der Waals surface area contributed by atoms with E-state index in [4.69, 9.17) is 16.7 Å². The zero-order valence-corrected chi connectivity index (χ0v) is 10.3. The number of halogens is 4. The molecule has 104 valence electrons. The van der Waals surface area contributed by atoms with E-state index in [9.17, 15) is 22.8 Å². The average molecular weight is 296 g/mol. The van der Waals surface area contributed by atoms with Crippen LogP contribution in [0, 0.1) is 0 Å². The Morgan fingerprint density at radius 1 is 1.32 bits per heavy atom. The fourth-order valence-corrected chi connectivity index (χ4v) is 1.46. The molecule has 0 spiro atoms. The summed E-state index contributed by atoms with van der Waals surface area (Å²) < 4.78 is 37.6. The van der Waals surface area contributed by atoms with Gasteiger partial charge in [-0.2, -0.15) is 13.2 Å². The van der Waals surface area contributed by atoms with Crippen molar-refractivity contribution in [2.24, 2.45) is 0 Å². The molecule has 1 atom stereocenters. The SMILES string of the molecule is C[C@H](NC(=O)c1cc(Cl)cc(C(F)(F)F)c1)C(=O)O. The van der Waals surface area contributed by atoms with Crippen molar-refractivity contribution in [1.82, 2.24) is 5.32 Å². The molecule has 0 aliphatic carbocycles. The van der Waals surface area contributed by atoms with Gasteiger partial charge in [-0.3, -0.25) is 9.59 Å². The van der Waals surface area contributed by atoms with Crippen molar-refractivity contribution in [3.63, 3.8) is 0 Å². The Morgan fingerprint density at radius 2 is 1.89 bits per heavy atom. The highest BCUT2D eigenvalue weighted by atomic mass is 35.5. The molecule has 0 fully saturated rings. The van der Waals surface area contributed by atoms with E-state index in [1.165, 1.54) is 6.92 Å². The van der Waals surface area contributed by atoms with Gasteiger partial charge in [0.15, 0.2) is 0 Å². The molecular formula is C11H9ClF3NO3. The lowest BCUT2D eigenvalue weighted by Crippen LogP contribution is -2.38. The zero-order chi connectivity index (χ0) is 14.8. The van der Waals surface area contributed by atoms with Gasteiger partial charge in [-0.1, -0.05) is 11.6 Å². The number of carbonyl (C=O) groups is 2. The summed E-state index contributed by atoms with van der Waals surface area (Å²) in [6, 6.07) is 1.09. The first-order valence-electron chi connectivity index (χ1n) is 5.02. The molecule has 0 radical (unpaired) electrons. The summed E-state index contributed by atoms with van der Waals surface area (Å²) in [5.74, 6) is -2.24. The van der Waals surface area contributed by atoms with E-state index in [2.05, 4.69) is 0 Å². The van der Waals surface area contributed by atoms with Crippen LogP contribution in [0.4, 0.5) is 13.2 Å². The maximum Gasteiger partial charge on any atom is 0.416 e. The lowest BCUT2D eigenvalue weighted by Gasteiger charge is -2.12. The van der Waals surface area contributed by atoms with E-state index in [0.717, 1.165) is 6.07 Å². The van der Waals surface area contributed by atoms with Crippen molar-refractivity contribution in [2.45, 2.75) is 19.1 Å². The first kappa shape index (κ1) is 15.3. The van der Waals surface area contributed by atoms with Crippen LogP contribution in [0.1, 0.15) is 22.8 Å². The molecule has 4 nitrogen and oxygen atoms in total. The number of amides is 1. The van der Waals surface area contributed by atoms with Crippen LogP contribution in [-0.4, -0.2) is 23.0 Å². The third-order valence-electron chi connectivity index (χ3n) is 2.21. The summed E-state index contributed by atoms with van der Waals surface area (Å²) in [7, 11) is 0. The number of hydrogen-bond acceptors (Lipinski definition) is 2. The quantitative estimate of drug-likeness (QED) is 0.900. The van der Waals surface area contributed by atoms with Crippen LogP contribution in [0.5, 0.6) is 0 Å². The smallest absolute Gasteiger partial charge is 0.416 e. The molecule has 0 heterocycles. The highest BCUT2D eigenvalue weighted by Crippen LogP contribution is 2.31. The highest BCUT2D eigenvalue weighted by molar-refractivity contribution is 6.31. The molecule has 1 amide bonds. The topological polar surface area (TPSA) is 66.4 Å². The molecule has 1 rings (SSSR count). The number of alkyl halides is 3. The number of carboxylic acid groups (broad SMARTS) is 1. The number of nitrogens with one attached hydrogen (secondary N) is 1. The summed E-state index contributed by atoms with van der Waals surface area (Å²) in [6.45, 7) is 1.19. The molecule has 1 aromatic rings. The second kappa shape index (κ2) is 5.48. The Bertz CT molecular complexity index is 516. The molecule has 0 saturated carbocycles. The second-order valence-electron chi connectivity index (χ2n) is 3.76. The van der Waals surface area contributed by atoms with Gasteiger partial charge in [-0.05, 0) is 25.1 Å². The van der Waals surface area contributed by atoms with Gasteiger partial charge in [-0.15, -0.1) is 0 Å². The number of rotatable bonds is 3. The van der Waals surface area contributed by atoms with Gasteiger partial charge < -0.3 is 10.4 Å². The monoisotopic (exact) mass is 295 g/mol. The van der Waals surface area contributed by atoms with Gasteiger partial charge in [0.2, 0.25) is 0 Å². The van der Waals surface area contributed by atoms with Crippen LogP contribution in [-0.2, 0) is 11.0 Å². The molecule has 0 bridgehead atoms. The summed E-state index contributed by atoms with van der Waals surface area (Å²) in [5, 5.41) is 10.4. The van der Waals surface area contributed by atoms with Gasteiger partial charge in [0.1, 0.15) is 6.04 Å². The maximum absolute atomic E-state index is 12.5. The fourth-order valence-electron chi connectivity index (χ4n) is 1.23. The molecule has 0 aliphatic rings. The Balaban J connectivity index is 3.04. The molecule has 0 aromatic heterocycles. The van der Waals surface area contributed by atoms with Gasteiger partial charge in [-0.25, -0.2) is 0 Å². The Kier molecular flexibility index (Phi) is 4.41. The summed E-state index contributed by atoms with van der Waals surface area (Å²) in [6.07, 6.45) is -4.64. The minimum Gasteiger partial charge on any atom is -0.480 e. The van der Waals surface area contributed by atoms with E-state index >= 15 is 0 Å². The average Bonchev–Trinajstić information content (AvgIpc) is 2.26. The molecule has 2 N–H and O–H groups in total. The second-order valence-corrected chi connectivity index (χ2v) is 4.20. The van der Waals surface area contributed by atoms with Crippen molar-refractivity contribution in [2.75, 3.05) is 0 Å². The zero-order valence-electron chi connectivity index (χ0n) is 9.58. The van der Waals surface area contributed by atoms with Gasteiger partial charge in [0.25, 0.3) is 5.91 Å². The number of benzene rings is 1. The van der Waals surface area contributed by atoms with E-state index in [0.29, 0.717) is 12.1 Å². The Hall–Kier alpha value is -1.76. The minimum atomic E-state index is -4.64. The Morgan fingerprint density at radius 3 is 2.37 bits per heavy atom. The fraction of sp³-hybridized carbons (Fsp3) is 0.273. The normalized spacial score (nSPS) is 12.9. The third kappa shape index (κ3) is 4.13. The maximum atomic E-state index is 12.5. The van der Waals surface area contributed by atoms with Crippen LogP contribution in [0.15, 0.2) is 18.2 Å². The van der Waals surface area contributed by atoms with Gasteiger partial charge >= 0.3 is 12.1 Å². The number of hydrogen-bond donors (Lipinski definition) is 2. The molecule has 0 saturated heterocycles. The van der Waals surface area contributed by atoms with Gasteiger partial charge in [0, 0.05) is 10.6 Å². The van der Waals surface area contributed by atoms with Crippen LogP contribution in [0.2, 0.25) is 5.02 Å². The van der Waals surface area contributed by atoms with E-state index < -0.39 is 29.7 Å². The summed E-state index contributed by atoms with van der Waals surface area (Å²) in [5.41, 5.74) is -1.43. The van der Waals surface area contributed by atoms with Gasteiger partial charge in [0.05, 0.1) is 5.56 Å². The number of aliphatic carboxylic acids is 1. The summed E-state index contributed by atoms with van der Waals surface area (Å²) >= 11 is 5.50. The standard InChI is InChI=1S/C11H9ClF3NO3/c1-5(10(18)19)16-9(17)6-2-7(11(13,14)15)4-8(12)3-6/h2-5H,1H3,(H,16,17)(H,18,19)/t5-/m0/s1. The number of carbonyl (C=O) groups excluding carboxylic acids is 1. The van der Waals surface area contributed by atoms with Crippen molar-refractivity contribution in [3.05, 3.63) is 34.3 Å². The van der Waals surface area contributed by atoms with Crippen LogP contribution >= 0.6 is 11.6 Å². The molecule has 0 unspecified atom stereocenters. The summed E-state index contributed by atoms with van der Waals surface area (Å²) in [4.78, 5) is 22.1. The Labute approximate surface area is 111 Å². The predicted molar refractivity (Wildman–Crippen MR) is 61.0 cm³/mol. The molecular weight excluding hydrogens is 287 g/mol. The van der Waals surface area contributed by atoms with E-state index in [-0.39, 0.29) is 10.6 Å². The largest absolute Gasteiger partial charge is 0.480 e. The molecule has 8 heteroatoms. The van der Waals surface area contributed by atoms with Crippen molar-refractivity contribution < 1.29 is 27.9 Å². The molecule has 0 aliphatic heterocycles. The van der Waals surface area contributed by atoms with Crippen molar-refractivity contribution in [1.29, 1.82) is 0 Å². The first-order valence-corrected chi connectivity index (χ1v) is 5.40. The first-order chi connectivity index (χ1) is 8.61. The van der Waals surface area contributed by atoms with Crippen molar-refractivity contribution in [3.8, 4) is 0 Å². The third-order valence-corrected chi connectivity index (χ3v) is 2.42. The minimum absolute atomic E-state index is 0.261. The predicted octanol–water partition coefficient (Wildman–Crippen LogP) is 2.56. The van der Waals surface area contributed by atoms with Crippen molar-refractivity contribution >= 4 is 23.5 Å².